The molecule has 0 saturated carbocycles. The first kappa shape index (κ1) is 28.4. The largest absolute Gasteiger partial charge is 0.465 e. The van der Waals surface area contributed by atoms with Crippen LogP contribution in [0.2, 0.25) is 0 Å². The van der Waals surface area contributed by atoms with E-state index in [9.17, 15) is 14.4 Å². The van der Waals surface area contributed by atoms with E-state index in [4.69, 9.17) is 14.5 Å². The number of allylic oxidation sites excluding steroid dienone is 1. The van der Waals surface area contributed by atoms with Crippen molar-refractivity contribution in [3.8, 4) is 0 Å². The third-order valence-electron chi connectivity index (χ3n) is 7.78. The summed E-state index contributed by atoms with van der Waals surface area (Å²) in [5, 5.41) is 2.87. The zero-order valence-electron chi connectivity index (χ0n) is 24.4. The fourth-order valence-corrected chi connectivity index (χ4v) is 6.91. The van der Waals surface area contributed by atoms with Crippen LogP contribution in [0.5, 0.6) is 0 Å². The van der Waals surface area contributed by atoms with Crippen LogP contribution in [0.4, 0.5) is 0 Å². The first-order valence-electron chi connectivity index (χ1n) is 14.2. The quantitative estimate of drug-likeness (QED) is 0.254. The predicted octanol–water partition coefficient (Wildman–Crippen LogP) is 4.78. The predicted molar refractivity (Wildman–Crippen MR) is 168 cm³/mol. The average Bonchev–Trinajstić information content (AvgIpc) is 3.44. The lowest BCUT2D eigenvalue weighted by Crippen LogP contribution is -2.40. The number of aromatic nitrogens is 2. The monoisotopic (exact) mass is 593 g/mol. The van der Waals surface area contributed by atoms with Crippen molar-refractivity contribution in [1.29, 1.82) is 0 Å². The number of fused-ring (bicyclic) bond motifs is 3. The Morgan fingerprint density at radius 2 is 1.63 bits per heavy atom. The molecule has 0 aliphatic carbocycles. The van der Waals surface area contributed by atoms with Crippen molar-refractivity contribution < 1.29 is 19.1 Å². The number of carbonyl (C=O) groups is 2. The van der Waals surface area contributed by atoms with Crippen LogP contribution in [0.3, 0.4) is 0 Å². The summed E-state index contributed by atoms with van der Waals surface area (Å²) < 4.78 is 14.7. The molecule has 0 amide bonds. The lowest BCUT2D eigenvalue weighted by Gasteiger charge is -2.25. The minimum Gasteiger partial charge on any atom is -0.465 e. The van der Waals surface area contributed by atoms with E-state index in [0.29, 0.717) is 27.2 Å². The van der Waals surface area contributed by atoms with E-state index < -0.39 is 12.0 Å². The molecule has 0 radical (unpaired) electrons. The highest BCUT2D eigenvalue weighted by Gasteiger charge is 2.34. The van der Waals surface area contributed by atoms with Crippen LogP contribution in [0, 0.1) is 6.92 Å². The van der Waals surface area contributed by atoms with Gasteiger partial charge in [0, 0.05) is 22.2 Å². The van der Waals surface area contributed by atoms with E-state index in [0.717, 1.165) is 38.5 Å². The zero-order valence-corrected chi connectivity index (χ0v) is 25.2. The second-order valence-corrected chi connectivity index (χ2v) is 11.3. The maximum Gasteiger partial charge on any atom is 0.338 e. The summed E-state index contributed by atoms with van der Waals surface area (Å²) in [4.78, 5) is 45.4. The standard InChI is InChI=1S/C34H31N3O5S/c1-5-41-29(38)19-36-21(4)26(24-15-9-10-17-27(24)36)18-28-32(39)37-31(25-16-11-13-22-12-7-8-14-23(22)25)30(33(40)42-6-2)20(3)35-34(37)43-28/h7-18,31H,5-6,19H2,1-4H3/b28-18+/t31-/m0/s1. The Balaban J connectivity index is 1.59. The molecule has 9 heteroatoms. The van der Waals surface area contributed by atoms with Gasteiger partial charge in [0.25, 0.3) is 5.56 Å². The molecule has 218 valence electrons. The van der Waals surface area contributed by atoms with Gasteiger partial charge >= 0.3 is 11.9 Å². The number of ether oxygens (including phenoxy) is 2. The van der Waals surface area contributed by atoms with E-state index >= 15 is 0 Å². The van der Waals surface area contributed by atoms with Gasteiger partial charge in [0.1, 0.15) is 6.54 Å². The van der Waals surface area contributed by atoms with Crippen LogP contribution >= 0.6 is 11.3 Å². The Kier molecular flexibility index (Phi) is 7.58. The summed E-state index contributed by atoms with van der Waals surface area (Å²) >= 11 is 1.28. The topological polar surface area (TPSA) is 91.9 Å². The van der Waals surface area contributed by atoms with Crippen molar-refractivity contribution in [3.63, 3.8) is 0 Å². The van der Waals surface area contributed by atoms with Gasteiger partial charge in [-0.2, -0.15) is 0 Å². The minimum atomic E-state index is -0.713. The number of benzene rings is 3. The van der Waals surface area contributed by atoms with Gasteiger partial charge in [0.05, 0.1) is 35.1 Å². The Bertz CT molecular complexity index is 2130. The third-order valence-corrected chi connectivity index (χ3v) is 8.77. The average molecular weight is 594 g/mol. The van der Waals surface area contributed by atoms with Crippen molar-refractivity contribution in [3.05, 3.63) is 115 Å². The minimum absolute atomic E-state index is 0.0679. The van der Waals surface area contributed by atoms with Crippen LogP contribution in [0.15, 0.2) is 87.8 Å². The van der Waals surface area contributed by atoms with Crippen LogP contribution in [-0.2, 0) is 25.6 Å². The molecule has 1 aliphatic rings. The van der Waals surface area contributed by atoms with Crippen molar-refractivity contribution in [2.75, 3.05) is 13.2 Å². The Labute approximate surface area is 251 Å². The molecule has 0 fully saturated rings. The second kappa shape index (κ2) is 11.5. The molecule has 3 aromatic carbocycles. The van der Waals surface area contributed by atoms with Crippen LogP contribution < -0.4 is 14.9 Å². The van der Waals surface area contributed by atoms with Crippen molar-refractivity contribution >= 4 is 51.0 Å². The summed E-state index contributed by atoms with van der Waals surface area (Å²) in [7, 11) is 0. The van der Waals surface area contributed by atoms with E-state index in [1.165, 1.54) is 11.3 Å². The van der Waals surface area contributed by atoms with Gasteiger partial charge < -0.3 is 14.0 Å². The molecule has 3 heterocycles. The SMILES string of the molecule is CCOC(=O)Cn1c(C)c(/C=c2/sc3n(c2=O)[C@@H](c2cccc4ccccc24)C(C(=O)OCC)=C(C)N=3)c2ccccc21. The highest BCUT2D eigenvalue weighted by Crippen LogP contribution is 2.35. The van der Waals surface area contributed by atoms with Crippen molar-refractivity contribution in [2.45, 2.75) is 40.3 Å². The van der Waals surface area contributed by atoms with Gasteiger partial charge in [-0.3, -0.25) is 14.2 Å². The Morgan fingerprint density at radius 1 is 0.930 bits per heavy atom. The summed E-state index contributed by atoms with van der Waals surface area (Å²) in [6.45, 7) is 7.84. The Morgan fingerprint density at radius 3 is 2.40 bits per heavy atom. The third kappa shape index (κ3) is 4.89. The number of nitrogens with zero attached hydrogens (tertiary/aromatic N) is 3. The molecule has 1 atom stereocenters. The van der Waals surface area contributed by atoms with Crippen LogP contribution in [0.1, 0.15) is 43.6 Å². The molecular weight excluding hydrogens is 562 g/mol. The fourth-order valence-electron chi connectivity index (χ4n) is 5.89. The van der Waals surface area contributed by atoms with Gasteiger partial charge in [-0.15, -0.1) is 0 Å². The summed E-state index contributed by atoms with van der Waals surface area (Å²) in [5.74, 6) is -0.817. The number of rotatable bonds is 7. The van der Waals surface area contributed by atoms with Gasteiger partial charge in [0.2, 0.25) is 0 Å². The van der Waals surface area contributed by atoms with E-state index in [-0.39, 0.29) is 24.7 Å². The van der Waals surface area contributed by atoms with E-state index in [2.05, 4.69) is 0 Å². The normalized spacial score (nSPS) is 15.1. The first-order valence-corrected chi connectivity index (χ1v) is 15.1. The van der Waals surface area contributed by atoms with Gasteiger partial charge in [-0.1, -0.05) is 72.0 Å². The van der Waals surface area contributed by atoms with Crippen LogP contribution in [0.25, 0.3) is 27.8 Å². The molecule has 0 spiro atoms. The molecule has 0 saturated heterocycles. The maximum atomic E-state index is 14.3. The van der Waals surface area contributed by atoms with E-state index in [1.54, 1.807) is 25.3 Å². The highest BCUT2D eigenvalue weighted by atomic mass is 32.1. The lowest BCUT2D eigenvalue weighted by molar-refractivity contribution is -0.143. The number of thiazole rings is 1. The molecule has 43 heavy (non-hydrogen) atoms. The second-order valence-electron chi connectivity index (χ2n) is 10.3. The summed E-state index contributed by atoms with van der Waals surface area (Å²) in [5.41, 5.74) is 4.00. The first-order chi connectivity index (χ1) is 20.8. The molecule has 0 unspecified atom stereocenters. The molecule has 5 aromatic rings. The van der Waals surface area contributed by atoms with Crippen LogP contribution in [-0.4, -0.2) is 34.3 Å². The Hall–Kier alpha value is -4.76. The molecule has 1 aliphatic heterocycles. The number of carbonyl (C=O) groups excluding carboxylic acids is 2. The fraction of sp³-hybridized carbons (Fsp3) is 0.235. The van der Waals surface area contributed by atoms with Gasteiger partial charge in [-0.05, 0) is 56.2 Å². The molecule has 0 N–H and O–H groups in total. The molecule has 0 bridgehead atoms. The van der Waals surface area contributed by atoms with Gasteiger partial charge in [0.15, 0.2) is 4.80 Å². The smallest absolute Gasteiger partial charge is 0.338 e. The number of esters is 2. The molecule has 6 rings (SSSR count). The number of hydrogen-bond donors (Lipinski definition) is 0. The molecule has 8 nitrogen and oxygen atoms in total. The molecular formula is C34H31N3O5S. The summed E-state index contributed by atoms with van der Waals surface area (Å²) in [6.07, 6.45) is 1.87. The lowest BCUT2D eigenvalue weighted by atomic mass is 9.91. The number of hydrogen-bond acceptors (Lipinski definition) is 7. The maximum absolute atomic E-state index is 14.3. The van der Waals surface area contributed by atoms with E-state index in [1.807, 2.05) is 84.3 Å². The summed E-state index contributed by atoms with van der Waals surface area (Å²) in [6, 6.07) is 20.9. The van der Waals surface area contributed by atoms with Crippen molar-refractivity contribution in [1.82, 2.24) is 9.13 Å². The highest BCUT2D eigenvalue weighted by molar-refractivity contribution is 7.07. The zero-order chi connectivity index (χ0) is 30.2. The van der Waals surface area contributed by atoms with Crippen molar-refractivity contribution in [2.24, 2.45) is 4.99 Å². The number of para-hydroxylation sites is 1. The molecule has 2 aromatic heterocycles. The van der Waals surface area contributed by atoms with Gasteiger partial charge in [-0.25, -0.2) is 9.79 Å².